The number of carboxylic acids is 1. The zero-order chi connectivity index (χ0) is 12.4. The van der Waals surface area contributed by atoms with E-state index in [9.17, 15) is 9.59 Å². The lowest BCUT2D eigenvalue weighted by molar-refractivity contribution is -0.137. The molecule has 1 aromatic rings. The number of carbonyl (C=O) groups is 2. The van der Waals surface area contributed by atoms with Gasteiger partial charge in [-0.05, 0) is 46.1 Å². The molecule has 1 aromatic heterocycles. The first-order chi connectivity index (χ1) is 8.08. The number of amides is 1. The van der Waals surface area contributed by atoms with Crippen LogP contribution in [-0.2, 0) is 4.79 Å². The van der Waals surface area contributed by atoms with Gasteiger partial charge in [0.15, 0.2) is 0 Å². The number of halogens is 1. The van der Waals surface area contributed by atoms with Crippen molar-refractivity contribution in [3.8, 4) is 0 Å². The minimum Gasteiger partial charge on any atom is -0.481 e. The summed E-state index contributed by atoms with van der Waals surface area (Å²) in [7, 11) is 0. The number of aliphatic carboxylic acids is 1. The molecule has 2 N–H and O–H groups in total. The van der Waals surface area contributed by atoms with Gasteiger partial charge in [-0.25, -0.2) is 0 Å². The van der Waals surface area contributed by atoms with Crippen molar-refractivity contribution in [2.24, 2.45) is 5.92 Å². The predicted octanol–water partition coefficient (Wildman–Crippen LogP) is 2.49. The highest BCUT2D eigenvalue weighted by molar-refractivity contribution is 9.10. The number of rotatable bonds is 5. The molecule has 1 fully saturated rings. The first-order valence-corrected chi connectivity index (χ1v) is 7.01. The van der Waals surface area contributed by atoms with Gasteiger partial charge in [0.2, 0.25) is 0 Å². The molecule has 1 saturated carbocycles. The van der Waals surface area contributed by atoms with Gasteiger partial charge in [-0.2, -0.15) is 0 Å². The lowest BCUT2D eigenvalue weighted by atomic mass is 10.1. The van der Waals surface area contributed by atoms with Crippen LogP contribution in [0.15, 0.2) is 15.9 Å². The monoisotopic (exact) mass is 317 g/mol. The van der Waals surface area contributed by atoms with Crippen LogP contribution >= 0.6 is 27.3 Å². The van der Waals surface area contributed by atoms with Gasteiger partial charge >= 0.3 is 5.97 Å². The Bertz CT molecular complexity index is 442. The summed E-state index contributed by atoms with van der Waals surface area (Å²) < 4.78 is 0.755. The topological polar surface area (TPSA) is 66.4 Å². The SMILES string of the molecule is O=C(O)CC(NC(=O)c1sccc1Br)C1CC1. The van der Waals surface area contributed by atoms with Gasteiger partial charge in [-0.3, -0.25) is 9.59 Å². The summed E-state index contributed by atoms with van der Waals surface area (Å²) in [5.41, 5.74) is 0. The Balaban J connectivity index is 2.00. The Hall–Kier alpha value is -0.880. The van der Waals surface area contributed by atoms with Crippen LogP contribution in [0, 0.1) is 5.92 Å². The summed E-state index contributed by atoms with van der Waals surface area (Å²) in [6.07, 6.45) is 2.01. The first kappa shape index (κ1) is 12.6. The summed E-state index contributed by atoms with van der Waals surface area (Å²) in [5.74, 6) is -0.730. The fraction of sp³-hybridized carbons (Fsp3) is 0.455. The van der Waals surface area contributed by atoms with Crippen molar-refractivity contribution in [2.75, 3.05) is 0 Å². The lowest BCUT2D eigenvalue weighted by Crippen LogP contribution is -2.37. The van der Waals surface area contributed by atoms with Crippen molar-refractivity contribution >= 4 is 39.1 Å². The molecule has 6 heteroatoms. The average Bonchev–Trinajstić information content (AvgIpc) is 3.00. The molecule has 0 saturated heterocycles. The van der Waals surface area contributed by atoms with Gasteiger partial charge in [0.25, 0.3) is 5.91 Å². The fourth-order valence-electron chi connectivity index (χ4n) is 1.71. The second-order valence-electron chi connectivity index (χ2n) is 4.11. The summed E-state index contributed by atoms with van der Waals surface area (Å²) in [6.45, 7) is 0. The highest BCUT2D eigenvalue weighted by Crippen LogP contribution is 2.34. The van der Waals surface area contributed by atoms with Gasteiger partial charge in [-0.1, -0.05) is 0 Å². The van der Waals surface area contributed by atoms with Crippen LogP contribution in [-0.4, -0.2) is 23.0 Å². The second kappa shape index (κ2) is 5.18. The zero-order valence-electron chi connectivity index (χ0n) is 8.98. The Kier molecular flexibility index (Phi) is 3.83. The number of carboxylic acid groups (broad SMARTS) is 1. The quantitative estimate of drug-likeness (QED) is 0.876. The maximum absolute atomic E-state index is 11.9. The maximum atomic E-state index is 11.9. The number of carbonyl (C=O) groups excluding carboxylic acids is 1. The van der Waals surface area contributed by atoms with Crippen LogP contribution in [0.5, 0.6) is 0 Å². The molecular weight excluding hydrogens is 306 g/mol. The summed E-state index contributed by atoms with van der Waals surface area (Å²) >= 11 is 4.64. The molecule has 1 heterocycles. The third-order valence-corrected chi connectivity index (χ3v) is 4.56. The van der Waals surface area contributed by atoms with Crippen LogP contribution in [0.1, 0.15) is 28.9 Å². The van der Waals surface area contributed by atoms with E-state index in [-0.39, 0.29) is 18.4 Å². The van der Waals surface area contributed by atoms with E-state index in [1.807, 2.05) is 11.4 Å². The highest BCUT2D eigenvalue weighted by atomic mass is 79.9. The minimum atomic E-state index is -0.868. The number of hydrogen-bond acceptors (Lipinski definition) is 3. The van der Waals surface area contributed by atoms with Crippen LogP contribution in [0.2, 0.25) is 0 Å². The van der Waals surface area contributed by atoms with Crippen molar-refractivity contribution in [1.29, 1.82) is 0 Å². The molecule has 2 rings (SSSR count). The highest BCUT2D eigenvalue weighted by Gasteiger charge is 2.34. The van der Waals surface area contributed by atoms with E-state index in [0.717, 1.165) is 17.3 Å². The van der Waals surface area contributed by atoms with Gasteiger partial charge in [0.1, 0.15) is 4.88 Å². The van der Waals surface area contributed by atoms with E-state index in [2.05, 4.69) is 21.2 Å². The number of thiophene rings is 1. The largest absolute Gasteiger partial charge is 0.481 e. The maximum Gasteiger partial charge on any atom is 0.305 e. The van der Waals surface area contributed by atoms with E-state index < -0.39 is 5.97 Å². The molecule has 4 nitrogen and oxygen atoms in total. The molecule has 1 unspecified atom stereocenters. The summed E-state index contributed by atoms with van der Waals surface area (Å²) in [4.78, 5) is 23.2. The van der Waals surface area contributed by atoms with E-state index in [0.29, 0.717) is 10.8 Å². The van der Waals surface area contributed by atoms with Crippen molar-refractivity contribution in [3.05, 3.63) is 20.8 Å². The van der Waals surface area contributed by atoms with E-state index >= 15 is 0 Å². The first-order valence-electron chi connectivity index (χ1n) is 5.33. The van der Waals surface area contributed by atoms with Crippen LogP contribution < -0.4 is 5.32 Å². The van der Waals surface area contributed by atoms with Crippen molar-refractivity contribution in [1.82, 2.24) is 5.32 Å². The third-order valence-electron chi connectivity index (χ3n) is 2.73. The molecule has 0 radical (unpaired) electrons. The molecule has 1 atom stereocenters. The Morgan fingerprint density at radius 1 is 1.59 bits per heavy atom. The molecule has 0 bridgehead atoms. The third kappa shape index (κ3) is 3.29. The molecule has 1 amide bonds. The Morgan fingerprint density at radius 3 is 2.76 bits per heavy atom. The zero-order valence-corrected chi connectivity index (χ0v) is 11.4. The smallest absolute Gasteiger partial charge is 0.305 e. The van der Waals surface area contributed by atoms with Gasteiger partial charge in [-0.15, -0.1) is 11.3 Å². The van der Waals surface area contributed by atoms with Crippen molar-refractivity contribution < 1.29 is 14.7 Å². The average molecular weight is 318 g/mol. The van der Waals surface area contributed by atoms with Crippen LogP contribution in [0.3, 0.4) is 0 Å². The number of nitrogens with one attached hydrogen (secondary N) is 1. The molecule has 0 aromatic carbocycles. The number of hydrogen-bond donors (Lipinski definition) is 2. The summed E-state index contributed by atoms with van der Waals surface area (Å²) in [6, 6.07) is 1.57. The van der Waals surface area contributed by atoms with E-state index in [1.54, 1.807) is 0 Å². The molecule has 1 aliphatic rings. The molecule has 17 heavy (non-hydrogen) atoms. The molecular formula is C11H12BrNO3S. The fourth-order valence-corrected chi connectivity index (χ4v) is 3.17. The van der Waals surface area contributed by atoms with Gasteiger partial charge in [0, 0.05) is 10.5 Å². The summed E-state index contributed by atoms with van der Waals surface area (Å²) in [5, 5.41) is 13.4. The van der Waals surface area contributed by atoms with E-state index in [4.69, 9.17) is 5.11 Å². The van der Waals surface area contributed by atoms with Crippen LogP contribution in [0.4, 0.5) is 0 Å². The van der Waals surface area contributed by atoms with E-state index in [1.165, 1.54) is 11.3 Å². The van der Waals surface area contributed by atoms with Crippen molar-refractivity contribution in [3.63, 3.8) is 0 Å². The van der Waals surface area contributed by atoms with Gasteiger partial charge < -0.3 is 10.4 Å². The normalized spacial score (nSPS) is 16.5. The Labute approximate surface area is 111 Å². The molecule has 92 valence electrons. The lowest BCUT2D eigenvalue weighted by Gasteiger charge is -2.15. The second-order valence-corrected chi connectivity index (χ2v) is 5.88. The standard InChI is InChI=1S/C11H12BrNO3S/c12-7-3-4-17-10(7)11(16)13-8(5-9(14)15)6-1-2-6/h3-4,6,8H,1-2,5H2,(H,13,16)(H,14,15). The molecule has 0 spiro atoms. The molecule has 1 aliphatic carbocycles. The van der Waals surface area contributed by atoms with Gasteiger partial charge in [0.05, 0.1) is 6.42 Å². The van der Waals surface area contributed by atoms with Crippen molar-refractivity contribution in [2.45, 2.75) is 25.3 Å². The Morgan fingerprint density at radius 2 is 2.29 bits per heavy atom. The minimum absolute atomic E-state index is 0.000594. The molecule has 0 aliphatic heterocycles. The predicted molar refractivity (Wildman–Crippen MR) is 68.3 cm³/mol. The van der Waals surface area contributed by atoms with Crippen LogP contribution in [0.25, 0.3) is 0 Å².